The van der Waals surface area contributed by atoms with Crippen molar-refractivity contribution >= 4 is 5.91 Å². The van der Waals surface area contributed by atoms with Gasteiger partial charge in [0.2, 0.25) is 5.88 Å². The van der Waals surface area contributed by atoms with Gasteiger partial charge in [0.15, 0.2) is 0 Å². The van der Waals surface area contributed by atoms with E-state index in [1.807, 2.05) is 18.2 Å². The van der Waals surface area contributed by atoms with E-state index in [4.69, 9.17) is 4.74 Å². The molecule has 1 saturated carbocycles. The highest BCUT2D eigenvalue weighted by Gasteiger charge is 2.36. The molecule has 0 spiro atoms. The summed E-state index contributed by atoms with van der Waals surface area (Å²) in [6.45, 7) is 0. The molecule has 1 aliphatic rings. The zero-order valence-electron chi connectivity index (χ0n) is 15.4. The van der Waals surface area contributed by atoms with Crippen LogP contribution in [0.2, 0.25) is 0 Å². The third-order valence-electron chi connectivity index (χ3n) is 5.06. The number of hydrogen-bond donors (Lipinski definition) is 2. The summed E-state index contributed by atoms with van der Waals surface area (Å²) in [7, 11) is 1.56. The van der Waals surface area contributed by atoms with E-state index in [-0.39, 0.29) is 24.0 Å². The summed E-state index contributed by atoms with van der Waals surface area (Å²) in [4.78, 5) is 17.2. The van der Waals surface area contributed by atoms with Gasteiger partial charge in [-0.05, 0) is 42.5 Å². The minimum atomic E-state index is -0.312. The number of ether oxygens (including phenoxy) is 1. The second-order valence-corrected chi connectivity index (χ2v) is 6.89. The van der Waals surface area contributed by atoms with E-state index < -0.39 is 0 Å². The number of aliphatic hydroxyl groups is 1. The van der Waals surface area contributed by atoms with Crippen LogP contribution in [0.25, 0.3) is 5.69 Å². The number of aliphatic hydroxyl groups excluding tert-OH is 1. The summed E-state index contributed by atoms with van der Waals surface area (Å²) in [5.41, 5.74) is 2.23. The molecular formula is C20H21N5O3. The van der Waals surface area contributed by atoms with Crippen molar-refractivity contribution in [1.82, 2.24) is 25.1 Å². The second-order valence-electron chi connectivity index (χ2n) is 6.89. The standard InChI is InChI=1S/C20H21N5O3/c1-28-18-6-5-14(10-21-18)19(15-8-17(26)9-15)24-20(27)13-3-2-4-16(7-13)25-11-22-23-12-25/h2-7,10-12,15,17,19,26H,8-9H2,1H3,(H,24,27). The Morgan fingerprint density at radius 3 is 2.68 bits per heavy atom. The Kier molecular flexibility index (Phi) is 5.03. The Bertz CT molecular complexity index is 937. The van der Waals surface area contributed by atoms with E-state index in [2.05, 4.69) is 20.5 Å². The summed E-state index contributed by atoms with van der Waals surface area (Å²) in [6, 6.07) is 10.7. The van der Waals surface area contributed by atoms with Crippen molar-refractivity contribution in [1.29, 1.82) is 0 Å². The Balaban J connectivity index is 1.56. The highest BCUT2D eigenvalue weighted by Crippen LogP contribution is 2.38. The number of carbonyl (C=O) groups is 1. The zero-order chi connectivity index (χ0) is 19.5. The lowest BCUT2D eigenvalue weighted by Crippen LogP contribution is -2.41. The van der Waals surface area contributed by atoms with E-state index >= 15 is 0 Å². The van der Waals surface area contributed by atoms with E-state index in [0.29, 0.717) is 24.3 Å². The number of nitrogens with one attached hydrogen (secondary N) is 1. The zero-order valence-corrected chi connectivity index (χ0v) is 15.4. The molecule has 0 aliphatic heterocycles. The van der Waals surface area contributed by atoms with Gasteiger partial charge in [-0.3, -0.25) is 9.36 Å². The molecule has 4 rings (SSSR count). The van der Waals surface area contributed by atoms with Crippen LogP contribution in [-0.4, -0.2) is 44.0 Å². The molecular weight excluding hydrogens is 358 g/mol. The molecule has 8 heteroatoms. The molecule has 2 N–H and O–H groups in total. The Labute approximate surface area is 162 Å². The van der Waals surface area contributed by atoms with Crippen molar-refractivity contribution in [3.63, 3.8) is 0 Å². The SMILES string of the molecule is COc1ccc(C(NC(=O)c2cccc(-n3cnnc3)c2)C2CC(O)C2)cn1. The van der Waals surface area contributed by atoms with Gasteiger partial charge in [0.05, 0.1) is 19.3 Å². The van der Waals surface area contributed by atoms with E-state index in [0.717, 1.165) is 11.3 Å². The molecule has 3 aromatic rings. The number of rotatable bonds is 6. The van der Waals surface area contributed by atoms with E-state index in [1.165, 1.54) is 0 Å². The van der Waals surface area contributed by atoms with Crippen LogP contribution in [-0.2, 0) is 0 Å². The van der Waals surface area contributed by atoms with Crippen molar-refractivity contribution in [2.75, 3.05) is 7.11 Å². The quantitative estimate of drug-likeness (QED) is 0.678. The third kappa shape index (κ3) is 3.72. The maximum absolute atomic E-state index is 12.9. The van der Waals surface area contributed by atoms with Gasteiger partial charge in [0.25, 0.3) is 5.91 Å². The Morgan fingerprint density at radius 1 is 1.25 bits per heavy atom. The van der Waals surface area contributed by atoms with Crippen LogP contribution in [0, 0.1) is 5.92 Å². The van der Waals surface area contributed by atoms with Crippen LogP contribution in [0.4, 0.5) is 0 Å². The molecule has 0 radical (unpaired) electrons. The van der Waals surface area contributed by atoms with Gasteiger partial charge in [0.1, 0.15) is 12.7 Å². The minimum Gasteiger partial charge on any atom is -0.481 e. The number of benzene rings is 1. The lowest BCUT2D eigenvalue weighted by molar-refractivity contribution is 0.0234. The summed E-state index contributed by atoms with van der Waals surface area (Å²) >= 11 is 0. The summed E-state index contributed by atoms with van der Waals surface area (Å²) in [5, 5.41) is 20.4. The lowest BCUT2D eigenvalue weighted by Gasteiger charge is -2.38. The third-order valence-corrected chi connectivity index (χ3v) is 5.06. The molecule has 1 amide bonds. The van der Waals surface area contributed by atoms with Gasteiger partial charge in [-0.15, -0.1) is 10.2 Å². The highest BCUT2D eigenvalue weighted by molar-refractivity contribution is 5.95. The van der Waals surface area contributed by atoms with Crippen LogP contribution in [0.5, 0.6) is 5.88 Å². The van der Waals surface area contributed by atoms with Crippen LogP contribution in [0.1, 0.15) is 34.8 Å². The molecule has 2 aromatic heterocycles. The second kappa shape index (κ2) is 7.77. The van der Waals surface area contributed by atoms with Crippen LogP contribution >= 0.6 is 0 Å². The number of hydrogen-bond acceptors (Lipinski definition) is 6. The van der Waals surface area contributed by atoms with Gasteiger partial charge < -0.3 is 15.2 Å². The van der Waals surface area contributed by atoms with Crippen LogP contribution < -0.4 is 10.1 Å². The van der Waals surface area contributed by atoms with Gasteiger partial charge in [-0.1, -0.05) is 12.1 Å². The first kappa shape index (κ1) is 18.1. The first-order valence-corrected chi connectivity index (χ1v) is 9.08. The number of amides is 1. The molecule has 28 heavy (non-hydrogen) atoms. The maximum Gasteiger partial charge on any atom is 0.251 e. The largest absolute Gasteiger partial charge is 0.481 e. The molecule has 2 heterocycles. The smallest absolute Gasteiger partial charge is 0.251 e. The van der Waals surface area contributed by atoms with Crippen LogP contribution in [0.3, 0.4) is 0 Å². The van der Waals surface area contributed by atoms with Crippen molar-refractivity contribution in [3.05, 3.63) is 66.4 Å². The molecule has 1 aliphatic carbocycles. The monoisotopic (exact) mass is 379 g/mol. The number of aromatic nitrogens is 4. The molecule has 0 saturated heterocycles. The average molecular weight is 379 g/mol. The van der Waals surface area contributed by atoms with Gasteiger partial charge in [-0.2, -0.15) is 0 Å². The lowest BCUT2D eigenvalue weighted by atomic mass is 9.75. The number of pyridine rings is 1. The van der Waals surface area contributed by atoms with Crippen LogP contribution in [0.15, 0.2) is 55.2 Å². The fourth-order valence-electron chi connectivity index (χ4n) is 3.44. The Hall–Kier alpha value is -3.26. The maximum atomic E-state index is 12.9. The minimum absolute atomic E-state index is 0.162. The van der Waals surface area contributed by atoms with Crippen molar-refractivity contribution in [2.45, 2.75) is 25.0 Å². The normalized spacial score (nSPS) is 19.5. The molecule has 1 fully saturated rings. The predicted molar refractivity (Wildman–Crippen MR) is 101 cm³/mol. The number of carbonyl (C=O) groups excluding carboxylic acids is 1. The highest BCUT2D eigenvalue weighted by atomic mass is 16.5. The predicted octanol–water partition coefficient (Wildman–Crippen LogP) is 1.91. The van der Waals surface area contributed by atoms with Gasteiger partial charge >= 0.3 is 0 Å². The fraction of sp³-hybridized carbons (Fsp3) is 0.300. The molecule has 8 nitrogen and oxygen atoms in total. The van der Waals surface area contributed by atoms with E-state index in [1.54, 1.807) is 48.7 Å². The molecule has 1 unspecified atom stereocenters. The number of methoxy groups -OCH3 is 1. The first-order valence-electron chi connectivity index (χ1n) is 9.08. The molecule has 0 bridgehead atoms. The van der Waals surface area contributed by atoms with Crippen molar-refractivity contribution in [3.8, 4) is 11.6 Å². The van der Waals surface area contributed by atoms with Gasteiger partial charge in [0, 0.05) is 23.5 Å². The first-order chi connectivity index (χ1) is 13.6. The average Bonchev–Trinajstić information content (AvgIpc) is 3.25. The molecule has 1 aromatic carbocycles. The summed E-state index contributed by atoms with van der Waals surface area (Å²) in [5.74, 6) is 0.497. The van der Waals surface area contributed by atoms with Crippen molar-refractivity contribution < 1.29 is 14.6 Å². The summed E-state index contributed by atoms with van der Waals surface area (Å²) in [6.07, 6.45) is 5.86. The molecule has 144 valence electrons. The Morgan fingerprint density at radius 2 is 2.04 bits per heavy atom. The van der Waals surface area contributed by atoms with E-state index in [9.17, 15) is 9.90 Å². The van der Waals surface area contributed by atoms with Gasteiger partial charge in [-0.25, -0.2) is 4.98 Å². The fourth-order valence-corrected chi connectivity index (χ4v) is 3.44. The summed E-state index contributed by atoms with van der Waals surface area (Å²) < 4.78 is 6.85. The van der Waals surface area contributed by atoms with Crippen molar-refractivity contribution in [2.24, 2.45) is 5.92 Å². The number of nitrogens with zero attached hydrogens (tertiary/aromatic N) is 4. The molecule has 1 atom stereocenters. The topological polar surface area (TPSA) is 102 Å².